The number of pyridine rings is 2. The van der Waals surface area contributed by atoms with Crippen LogP contribution in [0.15, 0.2) is 85.2 Å². The van der Waals surface area contributed by atoms with Crippen molar-refractivity contribution in [1.29, 1.82) is 0 Å². The maximum atomic E-state index is 13.4. The Kier molecular flexibility index (Phi) is 6.55. The van der Waals surface area contributed by atoms with Gasteiger partial charge in [0, 0.05) is 46.4 Å². The zero-order valence-electron chi connectivity index (χ0n) is 21.9. The van der Waals surface area contributed by atoms with Gasteiger partial charge in [0.05, 0.1) is 16.6 Å². The Morgan fingerprint density at radius 1 is 0.895 bits per heavy atom. The molecule has 6 aromatic rings. The van der Waals surface area contributed by atoms with Gasteiger partial charge >= 0.3 is 5.97 Å². The van der Waals surface area contributed by atoms with Crippen LogP contribution in [-0.4, -0.2) is 30.8 Å². The van der Waals surface area contributed by atoms with Gasteiger partial charge in [-0.3, -0.25) is 4.79 Å². The predicted octanol–water partition coefficient (Wildman–Crippen LogP) is 7.00. The molecule has 0 bridgehead atoms. The summed E-state index contributed by atoms with van der Waals surface area (Å²) in [4.78, 5) is 29.7. The molecule has 0 radical (unpaired) electrons. The number of carbonyl (C=O) groups excluding carboxylic acids is 1. The Morgan fingerprint density at radius 2 is 1.58 bits per heavy atom. The first-order valence-electron chi connectivity index (χ1n) is 12.6. The molecule has 0 saturated carbocycles. The number of carboxylic acid groups (broad SMARTS) is 1. The van der Waals surface area contributed by atoms with Gasteiger partial charge in [0.15, 0.2) is 0 Å². The first-order chi connectivity index (χ1) is 18.3. The summed E-state index contributed by atoms with van der Waals surface area (Å²) in [5.41, 5.74) is 6.83. The number of fused-ring (bicyclic) bond motifs is 3. The van der Waals surface area contributed by atoms with Crippen LogP contribution in [-0.2, 0) is 6.54 Å². The Morgan fingerprint density at radius 3 is 2.32 bits per heavy atom. The third-order valence-electron chi connectivity index (χ3n) is 7.14. The smallest absolute Gasteiger partial charge is 0.338 e. The topological polar surface area (TPSA) is 76.6 Å². The highest BCUT2D eigenvalue weighted by molar-refractivity contribution is 6.20. The zero-order chi connectivity index (χ0) is 27.0. The lowest BCUT2D eigenvalue weighted by Crippen LogP contribution is -2.13. The molecule has 0 atom stereocenters. The molecule has 190 valence electrons. The van der Waals surface area contributed by atoms with E-state index in [-0.39, 0.29) is 17.0 Å². The molecule has 6 heteroatoms. The van der Waals surface area contributed by atoms with Gasteiger partial charge in [-0.1, -0.05) is 42.5 Å². The number of benzene rings is 2. The van der Waals surface area contributed by atoms with Crippen LogP contribution in [0, 0.1) is 20.8 Å². The molecule has 0 fully saturated rings. The Balaban J connectivity index is 0.000000222. The summed E-state index contributed by atoms with van der Waals surface area (Å²) in [7, 11) is 0. The van der Waals surface area contributed by atoms with E-state index in [0.717, 1.165) is 23.1 Å². The van der Waals surface area contributed by atoms with E-state index in [0.29, 0.717) is 16.5 Å². The van der Waals surface area contributed by atoms with Crippen LogP contribution in [0.4, 0.5) is 0 Å². The molecule has 4 aromatic heterocycles. The monoisotopic (exact) mass is 503 g/mol. The Labute approximate surface area is 220 Å². The molecule has 0 amide bonds. The van der Waals surface area contributed by atoms with Gasteiger partial charge in [0.2, 0.25) is 5.78 Å². The first kappa shape index (κ1) is 25.0. The van der Waals surface area contributed by atoms with Crippen molar-refractivity contribution in [2.45, 2.75) is 34.2 Å². The zero-order valence-corrected chi connectivity index (χ0v) is 21.9. The third kappa shape index (κ3) is 4.24. The molecule has 1 N–H and O–H groups in total. The molecule has 0 unspecified atom stereocenters. The molecule has 0 saturated heterocycles. The van der Waals surface area contributed by atoms with Crippen LogP contribution in [0.5, 0.6) is 0 Å². The number of aromatic carboxylic acids is 1. The van der Waals surface area contributed by atoms with E-state index in [1.165, 1.54) is 22.7 Å². The summed E-state index contributed by atoms with van der Waals surface area (Å²) in [5.74, 6) is -1.52. The number of carbonyl (C=O) groups is 2. The highest BCUT2D eigenvalue weighted by Gasteiger charge is 2.26. The number of aryl methyl sites for hydroxylation is 3. The van der Waals surface area contributed by atoms with Crippen molar-refractivity contribution in [3.8, 4) is 0 Å². The number of para-hydroxylation sites is 2. The van der Waals surface area contributed by atoms with Crippen molar-refractivity contribution in [2.24, 2.45) is 0 Å². The van der Waals surface area contributed by atoms with Gasteiger partial charge in [-0.2, -0.15) is 0 Å². The van der Waals surface area contributed by atoms with Crippen molar-refractivity contribution >= 4 is 39.1 Å². The second kappa shape index (κ2) is 9.98. The lowest BCUT2D eigenvalue weighted by atomic mass is 9.99. The van der Waals surface area contributed by atoms with Crippen molar-refractivity contribution in [3.05, 3.63) is 119 Å². The molecule has 6 rings (SSSR count). The molecule has 0 aliphatic rings. The molecule has 2 aromatic carbocycles. The van der Waals surface area contributed by atoms with Gasteiger partial charge in [0.25, 0.3) is 0 Å². The number of hydrogen-bond acceptors (Lipinski definition) is 3. The fraction of sp³-hybridized carbons (Fsp3) is 0.156. The van der Waals surface area contributed by atoms with Gasteiger partial charge < -0.3 is 14.1 Å². The van der Waals surface area contributed by atoms with Crippen LogP contribution in [0.3, 0.4) is 0 Å². The van der Waals surface area contributed by atoms with Crippen LogP contribution in [0.1, 0.15) is 50.2 Å². The van der Waals surface area contributed by atoms with Crippen molar-refractivity contribution in [2.75, 3.05) is 0 Å². The lowest BCUT2D eigenvalue weighted by molar-refractivity contribution is 0.0692. The summed E-state index contributed by atoms with van der Waals surface area (Å²) in [6.45, 7) is 8.92. The van der Waals surface area contributed by atoms with E-state index >= 15 is 0 Å². The van der Waals surface area contributed by atoms with Crippen LogP contribution in [0.2, 0.25) is 0 Å². The fourth-order valence-electron chi connectivity index (χ4n) is 5.09. The van der Waals surface area contributed by atoms with E-state index in [2.05, 4.69) is 52.3 Å². The number of aromatic nitrogens is 3. The second-order valence-electron chi connectivity index (χ2n) is 9.36. The molecular weight excluding hydrogens is 474 g/mol. The molecule has 4 heterocycles. The minimum Gasteiger partial charge on any atom is -0.478 e. The summed E-state index contributed by atoms with van der Waals surface area (Å²) in [5, 5.41) is 11.2. The van der Waals surface area contributed by atoms with Crippen molar-refractivity contribution in [3.63, 3.8) is 0 Å². The molecule has 38 heavy (non-hydrogen) atoms. The first-order valence-corrected chi connectivity index (χ1v) is 12.6. The van der Waals surface area contributed by atoms with Crippen molar-refractivity contribution < 1.29 is 14.7 Å². The van der Waals surface area contributed by atoms with Gasteiger partial charge in [-0.05, 0) is 69.2 Å². The van der Waals surface area contributed by atoms with E-state index in [1.807, 2.05) is 56.3 Å². The lowest BCUT2D eigenvalue weighted by Gasteiger charge is -2.08. The summed E-state index contributed by atoms with van der Waals surface area (Å²) in [6.07, 6.45) is 4.24. The Hall–Kier alpha value is -4.71. The maximum absolute atomic E-state index is 13.4. The van der Waals surface area contributed by atoms with Crippen LogP contribution < -0.4 is 0 Å². The Bertz CT molecular complexity index is 1840. The number of carboxylic acids is 1. The fourth-order valence-corrected chi connectivity index (χ4v) is 5.09. The van der Waals surface area contributed by atoms with Crippen LogP contribution >= 0.6 is 0 Å². The molecule has 6 nitrogen and oxygen atoms in total. The van der Waals surface area contributed by atoms with Gasteiger partial charge in [-0.15, -0.1) is 0 Å². The SMILES string of the molecule is CCn1c(C)c(C(=O)c2nc3ccccc3cc2C(=O)O)c2ccccc21.Cc1cn2ccccc2c1C. The largest absolute Gasteiger partial charge is 0.478 e. The van der Waals surface area contributed by atoms with E-state index in [9.17, 15) is 14.7 Å². The van der Waals surface area contributed by atoms with Crippen molar-refractivity contribution in [1.82, 2.24) is 14.0 Å². The quantitative estimate of drug-likeness (QED) is 0.263. The highest BCUT2D eigenvalue weighted by Crippen LogP contribution is 2.29. The van der Waals surface area contributed by atoms with E-state index in [4.69, 9.17) is 0 Å². The molecular formula is C32H29N3O3. The molecule has 0 spiro atoms. The second-order valence-corrected chi connectivity index (χ2v) is 9.36. The number of nitrogens with zero attached hydrogens (tertiary/aromatic N) is 3. The normalized spacial score (nSPS) is 11.1. The average molecular weight is 504 g/mol. The summed E-state index contributed by atoms with van der Waals surface area (Å²) >= 11 is 0. The summed E-state index contributed by atoms with van der Waals surface area (Å²) in [6, 6.07) is 22.6. The number of ketones is 1. The average Bonchev–Trinajstić information content (AvgIpc) is 3.39. The summed E-state index contributed by atoms with van der Waals surface area (Å²) < 4.78 is 4.22. The highest BCUT2D eigenvalue weighted by atomic mass is 16.4. The standard InChI is InChI=1S/C22H18N2O3.C10H11N/c1-3-24-13(2)19(15-9-5-7-11-18(15)24)21(25)20-16(22(26)27)12-14-8-4-6-10-17(14)23-20;1-8-7-11-6-4-3-5-10(11)9(8)2/h4-12H,3H2,1-2H3,(H,26,27);3-7H,1-2H3. The number of rotatable bonds is 4. The third-order valence-corrected chi connectivity index (χ3v) is 7.14. The minimum atomic E-state index is -1.16. The van der Waals surface area contributed by atoms with E-state index in [1.54, 1.807) is 12.1 Å². The van der Waals surface area contributed by atoms with E-state index < -0.39 is 5.97 Å². The molecule has 0 aliphatic carbocycles. The molecule has 0 aliphatic heterocycles. The van der Waals surface area contributed by atoms with Crippen LogP contribution in [0.25, 0.3) is 27.3 Å². The van der Waals surface area contributed by atoms with Gasteiger partial charge in [0.1, 0.15) is 5.69 Å². The minimum absolute atomic E-state index is 0.0247. The van der Waals surface area contributed by atoms with Gasteiger partial charge in [-0.25, -0.2) is 9.78 Å². The number of hydrogen-bond donors (Lipinski definition) is 1. The maximum Gasteiger partial charge on any atom is 0.338 e. The predicted molar refractivity (Wildman–Crippen MR) is 151 cm³/mol.